The van der Waals surface area contributed by atoms with Crippen molar-refractivity contribution in [3.05, 3.63) is 16.5 Å². The molecule has 2 amide bonds. The molecule has 0 unspecified atom stereocenters. The smallest absolute Gasteiger partial charge is 0.252 e. The van der Waals surface area contributed by atoms with E-state index in [0.717, 1.165) is 15.6 Å². The van der Waals surface area contributed by atoms with Gasteiger partial charge in [0.1, 0.15) is 4.21 Å². The molecule has 128 valence electrons. The maximum Gasteiger partial charge on any atom is 0.252 e. The van der Waals surface area contributed by atoms with Crippen LogP contribution in [0.3, 0.4) is 0 Å². The molecular weight excluding hydrogens is 362 g/mol. The summed E-state index contributed by atoms with van der Waals surface area (Å²) in [6.07, 6.45) is 1.02. The number of likely N-dealkylation sites (tertiary alicyclic amines) is 1. The molecule has 0 aromatic carbocycles. The van der Waals surface area contributed by atoms with Crippen LogP contribution in [-0.2, 0) is 19.6 Å². The van der Waals surface area contributed by atoms with Crippen molar-refractivity contribution in [2.24, 2.45) is 11.7 Å². The van der Waals surface area contributed by atoms with Gasteiger partial charge in [0.2, 0.25) is 11.8 Å². The van der Waals surface area contributed by atoms with Crippen LogP contribution in [0.4, 0.5) is 0 Å². The summed E-state index contributed by atoms with van der Waals surface area (Å²) in [7, 11) is -2.37. The second-order valence-corrected chi connectivity index (χ2v) is 9.36. The van der Waals surface area contributed by atoms with Gasteiger partial charge >= 0.3 is 0 Å². The second kappa shape index (κ2) is 7.16. The number of nitrogens with two attached hydrogens (primary N) is 1. The van der Waals surface area contributed by atoms with Crippen molar-refractivity contribution in [3.8, 4) is 0 Å². The van der Waals surface area contributed by atoms with Crippen molar-refractivity contribution in [1.82, 2.24) is 9.21 Å². The zero-order valence-corrected chi connectivity index (χ0v) is 15.0. The fraction of sp³-hybridized carbons (Fsp3) is 0.538. The van der Waals surface area contributed by atoms with Crippen LogP contribution in [-0.4, -0.2) is 56.1 Å². The number of amides is 2. The molecule has 2 N–H and O–H groups in total. The Hall–Kier alpha value is -1.16. The van der Waals surface area contributed by atoms with E-state index in [0.29, 0.717) is 30.3 Å². The second-order valence-electron chi connectivity index (χ2n) is 5.38. The number of rotatable bonds is 5. The average Bonchev–Trinajstić information content (AvgIpc) is 2.94. The SMILES string of the molecule is CN(CC(=O)N1CCC(C(N)=O)CC1)S(=O)(=O)c1ccc(Cl)s1. The Morgan fingerprint density at radius 1 is 1.39 bits per heavy atom. The molecule has 0 spiro atoms. The van der Waals surface area contributed by atoms with E-state index in [1.54, 1.807) is 4.90 Å². The number of halogens is 1. The van der Waals surface area contributed by atoms with E-state index in [1.807, 2.05) is 0 Å². The fourth-order valence-electron chi connectivity index (χ4n) is 2.38. The normalized spacial score (nSPS) is 16.7. The zero-order chi connectivity index (χ0) is 17.2. The van der Waals surface area contributed by atoms with E-state index in [-0.39, 0.29) is 28.5 Å². The monoisotopic (exact) mass is 379 g/mol. The zero-order valence-electron chi connectivity index (χ0n) is 12.6. The minimum absolute atomic E-state index is 0.102. The lowest BCUT2D eigenvalue weighted by Gasteiger charge is -2.31. The van der Waals surface area contributed by atoms with Crippen molar-refractivity contribution in [2.75, 3.05) is 26.7 Å². The molecule has 2 heterocycles. The minimum Gasteiger partial charge on any atom is -0.369 e. The van der Waals surface area contributed by atoms with Gasteiger partial charge in [0, 0.05) is 26.1 Å². The Balaban J connectivity index is 1.96. The van der Waals surface area contributed by atoms with E-state index < -0.39 is 10.0 Å². The molecule has 1 saturated heterocycles. The van der Waals surface area contributed by atoms with Gasteiger partial charge in [-0.1, -0.05) is 11.6 Å². The Morgan fingerprint density at radius 3 is 2.48 bits per heavy atom. The molecule has 0 saturated carbocycles. The van der Waals surface area contributed by atoms with Gasteiger partial charge in [-0.25, -0.2) is 8.42 Å². The molecule has 1 aromatic rings. The van der Waals surface area contributed by atoms with Gasteiger partial charge in [-0.15, -0.1) is 11.3 Å². The van der Waals surface area contributed by atoms with Crippen molar-refractivity contribution in [2.45, 2.75) is 17.1 Å². The Morgan fingerprint density at radius 2 is 2.00 bits per heavy atom. The molecule has 1 aliphatic rings. The van der Waals surface area contributed by atoms with Crippen LogP contribution in [0.15, 0.2) is 16.3 Å². The summed E-state index contributed by atoms with van der Waals surface area (Å²) in [5.41, 5.74) is 5.25. The van der Waals surface area contributed by atoms with Crippen LogP contribution >= 0.6 is 22.9 Å². The van der Waals surface area contributed by atoms with E-state index in [4.69, 9.17) is 17.3 Å². The number of thiophene rings is 1. The highest BCUT2D eigenvalue weighted by Gasteiger charge is 2.29. The van der Waals surface area contributed by atoms with Gasteiger partial charge in [-0.3, -0.25) is 9.59 Å². The summed E-state index contributed by atoms with van der Waals surface area (Å²) in [4.78, 5) is 24.9. The molecule has 23 heavy (non-hydrogen) atoms. The number of piperidine rings is 1. The quantitative estimate of drug-likeness (QED) is 0.815. The molecule has 1 aromatic heterocycles. The summed E-state index contributed by atoms with van der Waals surface area (Å²) < 4.78 is 26.2. The van der Waals surface area contributed by atoms with Crippen LogP contribution in [0.1, 0.15) is 12.8 Å². The minimum atomic E-state index is -3.73. The first-order chi connectivity index (χ1) is 10.7. The molecule has 7 nitrogen and oxygen atoms in total. The number of sulfonamides is 1. The first kappa shape index (κ1) is 18.2. The number of likely N-dealkylation sites (N-methyl/N-ethyl adjacent to an activating group) is 1. The van der Waals surface area contributed by atoms with Crippen LogP contribution in [0.2, 0.25) is 4.34 Å². The van der Waals surface area contributed by atoms with Gasteiger partial charge in [0.15, 0.2) is 0 Å². The third kappa shape index (κ3) is 4.23. The van der Waals surface area contributed by atoms with Crippen molar-refractivity contribution in [3.63, 3.8) is 0 Å². The highest BCUT2D eigenvalue weighted by Crippen LogP contribution is 2.27. The summed E-state index contributed by atoms with van der Waals surface area (Å²) in [6.45, 7) is 0.565. The Bertz CT molecular complexity index is 696. The standard InChI is InChI=1S/C13H18ClN3O4S2/c1-16(23(20,21)12-3-2-10(14)22-12)8-11(18)17-6-4-9(5-7-17)13(15)19/h2-3,9H,4-8H2,1H3,(H2,15,19). The molecule has 1 aliphatic heterocycles. The fourth-order valence-corrected chi connectivity index (χ4v) is 5.19. The summed E-state index contributed by atoms with van der Waals surface area (Å²) in [5, 5.41) is 0. The van der Waals surface area contributed by atoms with Crippen LogP contribution in [0, 0.1) is 5.92 Å². The van der Waals surface area contributed by atoms with E-state index >= 15 is 0 Å². The van der Waals surface area contributed by atoms with Gasteiger partial charge in [-0.05, 0) is 25.0 Å². The van der Waals surface area contributed by atoms with Crippen LogP contribution < -0.4 is 5.73 Å². The number of carbonyl (C=O) groups is 2. The summed E-state index contributed by atoms with van der Waals surface area (Å²) in [5.74, 6) is -0.859. The van der Waals surface area contributed by atoms with E-state index in [1.165, 1.54) is 19.2 Å². The van der Waals surface area contributed by atoms with Gasteiger partial charge in [0.25, 0.3) is 10.0 Å². The predicted octanol–water partition coefficient (Wildman–Crippen LogP) is 0.746. The number of carbonyl (C=O) groups excluding carboxylic acids is 2. The number of primary amides is 1. The highest BCUT2D eigenvalue weighted by atomic mass is 35.5. The maximum absolute atomic E-state index is 12.4. The average molecular weight is 380 g/mol. The van der Waals surface area contributed by atoms with Gasteiger partial charge < -0.3 is 10.6 Å². The third-order valence-electron chi connectivity index (χ3n) is 3.82. The number of hydrogen-bond donors (Lipinski definition) is 1. The van der Waals surface area contributed by atoms with Gasteiger partial charge in [-0.2, -0.15) is 4.31 Å². The summed E-state index contributed by atoms with van der Waals surface area (Å²) >= 11 is 6.71. The van der Waals surface area contributed by atoms with Crippen LogP contribution in [0.5, 0.6) is 0 Å². The molecule has 0 aliphatic carbocycles. The molecule has 1 fully saturated rings. The van der Waals surface area contributed by atoms with Crippen molar-refractivity contribution < 1.29 is 18.0 Å². The summed E-state index contributed by atoms with van der Waals surface area (Å²) in [6, 6.07) is 2.92. The Labute approximate surface area is 144 Å². The number of nitrogens with zero attached hydrogens (tertiary/aromatic N) is 2. The van der Waals surface area contributed by atoms with E-state index in [9.17, 15) is 18.0 Å². The van der Waals surface area contributed by atoms with E-state index in [2.05, 4.69) is 0 Å². The molecule has 2 rings (SSSR count). The number of hydrogen-bond acceptors (Lipinski definition) is 5. The third-order valence-corrected chi connectivity index (χ3v) is 7.32. The lowest BCUT2D eigenvalue weighted by molar-refractivity contribution is -0.134. The Kier molecular flexibility index (Phi) is 5.66. The van der Waals surface area contributed by atoms with Crippen molar-refractivity contribution in [1.29, 1.82) is 0 Å². The highest BCUT2D eigenvalue weighted by molar-refractivity contribution is 7.91. The largest absolute Gasteiger partial charge is 0.369 e. The molecule has 0 radical (unpaired) electrons. The van der Waals surface area contributed by atoms with Crippen molar-refractivity contribution >= 4 is 44.8 Å². The molecular formula is C13H18ClN3O4S2. The van der Waals surface area contributed by atoms with Crippen LogP contribution in [0.25, 0.3) is 0 Å². The first-order valence-corrected chi connectivity index (χ1v) is 9.64. The topological polar surface area (TPSA) is 101 Å². The maximum atomic E-state index is 12.4. The predicted molar refractivity (Wildman–Crippen MR) is 87.6 cm³/mol. The first-order valence-electron chi connectivity index (χ1n) is 7.00. The molecule has 0 atom stereocenters. The molecule has 10 heteroatoms. The lowest BCUT2D eigenvalue weighted by Crippen LogP contribution is -2.46. The molecule has 0 bridgehead atoms. The lowest BCUT2D eigenvalue weighted by atomic mass is 9.96. The van der Waals surface area contributed by atoms with Gasteiger partial charge in [0.05, 0.1) is 10.9 Å².